The molecule has 0 saturated heterocycles. The molecule has 5 heteroatoms. The molecule has 2 heterocycles. The van der Waals surface area contributed by atoms with Crippen LogP contribution >= 0.6 is 11.3 Å². The van der Waals surface area contributed by atoms with E-state index in [1.54, 1.807) is 17.5 Å². The van der Waals surface area contributed by atoms with E-state index in [-0.39, 0.29) is 0 Å². The predicted molar refractivity (Wildman–Crippen MR) is 76.6 cm³/mol. The zero-order valence-corrected chi connectivity index (χ0v) is 11.4. The maximum atomic E-state index is 11.5. The number of thiophene rings is 1. The van der Waals surface area contributed by atoms with E-state index in [0.717, 1.165) is 36.9 Å². The molecule has 4 nitrogen and oxygen atoms in total. The minimum absolute atomic E-state index is 0.463. The fourth-order valence-corrected chi connectivity index (χ4v) is 3.59. The van der Waals surface area contributed by atoms with Crippen LogP contribution in [0, 0.1) is 5.41 Å². The average molecular weight is 276 g/mol. The van der Waals surface area contributed by atoms with Crippen molar-refractivity contribution in [3.05, 3.63) is 23.7 Å². The number of anilines is 1. The highest BCUT2D eigenvalue weighted by molar-refractivity contribution is 7.17. The monoisotopic (exact) mass is 276 g/mol. The molecule has 0 radical (unpaired) electrons. The molecule has 1 fully saturated rings. The molecule has 2 aromatic rings. The molecule has 2 N–H and O–H groups in total. The normalized spacial score (nSPS) is 17.7. The van der Waals surface area contributed by atoms with Crippen LogP contribution in [0.15, 0.2) is 23.7 Å². The number of hydrogen-bond acceptors (Lipinski definition) is 4. The van der Waals surface area contributed by atoms with Crippen LogP contribution in [0.4, 0.5) is 5.82 Å². The van der Waals surface area contributed by atoms with Gasteiger partial charge in [-0.2, -0.15) is 0 Å². The van der Waals surface area contributed by atoms with Gasteiger partial charge in [0.05, 0.1) is 5.41 Å². The van der Waals surface area contributed by atoms with Crippen molar-refractivity contribution < 1.29 is 9.90 Å². The average Bonchev–Trinajstić information content (AvgIpc) is 3.06. The summed E-state index contributed by atoms with van der Waals surface area (Å²) in [6.45, 7) is 0.463. The summed E-state index contributed by atoms with van der Waals surface area (Å²) < 4.78 is 1.17. The van der Waals surface area contributed by atoms with Crippen molar-refractivity contribution in [1.82, 2.24) is 4.98 Å². The summed E-state index contributed by atoms with van der Waals surface area (Å²) in [6, 6.07) is 4.01. The van der Waals surface area contributed by atoms with Crippen LogP contribution in [0.2, 0.25) is 0 Å². The van der Waals surface area contributed by atoms with Gasteiger partial charge in [-0.25, -0.2) is 4.98 Å². The van der Waals surface area contributed by atoms with Gasteiger partial charge in [-0.3, -0.25) is 4.79 Å². The lowest BCUT2D eigenvalue weighted by Gasteiger charge is -2.24. The highest BCUT2D eigenvalue weighted by Crippen LogP contribution is 2.39. The summed E-state index contributed by atoms with van der Waals surface area (Å²) in [4.78, 5) is 15.8. The van der Waals surface area contributed by atoms with Crippen LogP contribution in [0.25, 0.3) is 10.1 Å². The van der Waals surface area contributed by atoms with Crippen molar-refractivity contribution in [3.63, 3.8) is 0 Å². The number of aliphatic carboxylic acids is 1. The van der Waals surface area contributed by atoms with Crippen molar-refractivity contribution in [2.75, 3.05) is 11.9 Å². The Morgan fingerprint density at radius 3 is 2.95 bits per heavy atom. The first-order chi connectivity index (χ1) is 9.21. The number of carboxylic acid groups (broad SMARTS) is 1. The highest BCUT2D eigenvalue weighted by Gasteiger charge is 2.41. The third-order valence-electron chi connectivity index (χ3n) is 3.99. The molecule has 3 rings (SSSR count). The molecular formula is C14H16N2O2S. The molecule has 19 heavy (non-hydrogen) atoms. The number of nitrogens with one attached hydrogen (secondary N) is 1. The first-order valence-corrected chi connectivity index (χ1v) is 7.39. The van der Waals surface area contributed by atoms with E-state index in [2.05, 4.69) is 10.3 Å². The van der Waals surface area contributed by atoms with E-state index in [1.807, 2.05) is 17.5 Å². The third kappa shape index (κ3) is 2.18. The lowest BCUT2D eigenvalue weighted by molar-refractivity contribution is -0.147. The van der Waals surface area contributed by atoms with Crippen LogP contribution in [-0.4, -0.2) is 22.6 Å². The number of hydrogen-bond donors (Lipinski definition) is 2. The summed E-state index contributed by atoms with van der Waals surface area (Å²) in [6.07, 6.45) is 5.29. The predicted octanol–water partition coefficient (Wildman–Crippen LogP) is 3.35. The van der Waals surface area contributed by atoms with Crippen molar-refractivity contribution in [2.24, 2.45) is 5.41 Å². The molecule has 0 amide bonds. The van der Waals surface area contributed by atoms with Gasteiger partial charge in [0.25, 0.3) is 0 Å². The van der Waals surface area contributed by atoms with E-state index in [1.165, 1.54) is 4.70 Å². The Hall–Kier alpha value is -1.62. The van der Waals surface area contributed by atoms with Crippen LogP contribution in [0.1, 0.15) is 25.7 Å². The van der Waals surface area contributed by atoms with E-state index >= 15 is 0 Å². The number of aromatic nitrogens is 1. The minimum Gasteiger partial charge on any atom is -0.481 e. The minimum atomic E-state index is -0.685. The molecule has 2 aromatic heterocycles. The topological polar surface area (TPSA) is 62.2 Å². The van der Waals surface area contributed by atoms with Gasteiger partial charge >= 0.3 is 5.97 Å². The molecule has 0 unspecified atom stereocenters. The van der Waals surface area contributed by atoms with Crippen LogP contribution in [0.3, 0.4) is 0 Å². The zero-order valence-electron chi connectivity index (χ0n) is 10.6. The third-order valence-corrected chi connectivity index (χ3v) is 4.87. The fraction of sp³-hybridized carbons (Fsp3) is 0.429. The number of carboxylic acids is 1. The lowest BCUT2D eigenvalue weighted by Crippen LogP contribution is -2.35. The zero-order chi connectivity index (χ0) is 13.3. The molecule has 1 aliphatic carbocycles. The molecule has 100 valence electrons. The molecule has 0 aromatic carbocycles. The van der Waals surface area contributed by atoms with Crippen molar-refractivity contribution in [1.29, 1.82) is 0 Å². The second-order valence-corrected chi connectivity index (χ2v) is 6.09. The molecule has 0 aliphatic heterocycles. The standard InChI is InChI=1S/C14H16N2O2S/c17-13(18)14(5-1-2-6-14)9-16-12-10-4-8-19-11(10)3-7-15-12/h3-4,7-8H,1-2,5-6,9H2,(H,15,16)(H,17,18). The van der Waals surface area contributed by atoms with Gasteiger partial charge < -0.3 is 10.4 Å². The van der Waals surface area contributed by atoms with Gasteiger partial charge in [0, 0.05) is 22.8 Å². The van der Waals surface area contributed by atoms with Gasteiger partial charge in [-0.1, -0.05) is 12.8 Å². The maximum absolute atomic E-state index is 11.5. The Morgan fingerprint density at radius 2 is 2.21 bits per heavy atom. The molecule has 0 atom stereocenters. The Labute approximate surface area is 115 Å². The van der Waals surface area contributed by atoms with E-state index in [9.17, 15) is 9.90 Å². The Bertz CT molecular complexity index is 602. The maximum Gasteiger partial charge on any atom is 0.311 e. The number of fused-ring (bicyclic) bond motifs is 1. The van der Waals surface area contributed by atoms with Crippen LogP contribution < -0.4 is 5.32 Å². The van der Waals surface area contributed by atoms with Crippen molar-refractivity contribution in [3.8, 4) is 0 Å². The molecule has 1 aliphatic rings. The van der Waals surface area contributed by atoms with E-state index in [4.69, 9.17) is 0 Å². The number of pyridine rings is 1. The van der Waals surface area contributed by atoms with E-state index in [0.29, 0.717) is 6.54 Å². The van der Waals surface area contributed by atoms with Crippen LogP contribution in [-0.2, 0) is 4.79 Å². The molecule has 0 bridgehead atoms. The fourth-order valence-electron chi connectivity index (χ4n) is 2.81. The van der Waals surface area contributed by atoms with Crippen LogP contribution in [0.5, 0.6) is 0 Å². The summed E-state index contributed by atoms with van der Waals surface area (Å²) in [7, 11) is 0. The first kappa shape index (κ1) is 12.4. The van der Waals surface area contributed by atoms with E-state index < -0.39 is 11.4 Å². The molecular weight excluding hydrogens is 260 g/mol. The van der Waals surface area contributed by atoms with Gasteiger partial charge in [0.15, 0.2) is 0 Å². The first-order valence-electron chi connectivity index (χ1n) is 6.51. The quantitative estimate of drug-likeness (QED) is 0.899. The smallest absolute Gasteiger partial charge is 0.311 e. The molecule has 0 spiro atoms. The van der Waals surface area contributed by atoms with Gasteiger partial charge in [-0.05, 0) is 30.4 Å². The highest BCUT2D eigenvalue weighted by atomic mass is 32.1. The van der Waals surface area contributed by atoms with Crippen molar-refractivity contribution in [2.45, 2.75) is 25.7 Å². The second-order valence-electron chi connectivity index (χ2n) is 5.14. The summed E-state index contributed by atoms with van der Waals surface area (Å²) in [5.41, 5.74) is -0.611. The Balaban J connectivity index is 1.82. The number of nitrogens with zero attached hydrogens (tertiary/aromatic N) is 1. The number of rotatable bonds is 4. The Kier molecular flexibility index (Phi) is 3.14. The van der Waals surface area contributed by atoms with Gasteiger partial charge in [0.2, 0.25) is 0 Å². The summed E-state index contributed by atoms with van der Waals surface area (Å²) in [5, 5.41) is 15.8. The van der Waals surface area contributed by atoms with Gasteiger partial charge in [0.1, 0.15) is 5.82 Å². The van der Waals surface area contributed by atoms with Crippen molar-refractivity contribution >= 4 is 33.2 Å². The molecule has 1 saturated carbocycles. The van der Waals surface area contributed by atoms with Gasteiger partial charge in [-0.15, -0.1) is 11.3 Å². The summed E-state index contributed by atoms with van der Waals surface area (Å²) >= 11 is 1.67. The SMILES string of the molecule is O=C(O)C1(CNc2nccc3sccc23)CCCC1. The Morgan fingerprint density at radius 1 is 1.42 bits per heavy atom. The second kappa shape index (κ2) is 4.81. The largest absolute Gasteiger partial charge is 0.481 e. The lowest BCUT2D eigenvalue weighted by atomic mass is 9.86. The number of carbonyl (C=O) groups is 1. The summed E-state index contributed by atoms with van der Waals surface area (Å²) in [5.74, 6) is 0.112.